The first-order valence-corrected chi connectivity index (χ1v) is 8.39. The molecule has 0 aliphatic rings. The Bertz CT molecular complexity index is 846. The van der Waals surface area contributed by atoms with Crippen molar-refractivity contribution in [3.63, 3.8) is 0 Å². The van der Waals surface area contributed by atoms with Crippen molar-refractivity contribution in [3.05, 3.63) is 35.5 Å². The first-order valence-electron chi connectivity index (χ1n) is 6.91. The van der Waals surface area contributed by atoms with Crippen LogP contribution in [0.4, 0.5) is 0 Å². The van der Waals surface area contributed by atoms with Crippen molar-refractivity contribution in [2.45, 2.75) is 24.8 Å². The second-order valence-corrected chi connectivity index (χ2v) is 6.66. The number of esters is 1. The zero-order valence-corrected chi connectivity index (χ0v) is 14.4. The average molecular weight is 355 g/mol. The summed E-state index contributed by atoms with van der Waals surface area (Å²) < 4.78 is 41.4. The molecule has 1 heterocycles. The van der Waals surface area contributed by atoms with E-state index < -0.39 is 22.1 Å². The van der Waals surface area contributed by atoms with E-state index in [4.69, 9.17) is 14.0 Å². The number of aromatic nitrogens is 2. The third kappa shape index (κ3) is 3.71. The van der Waals surface area contributed by atoms with Crippen LogP contribution in [0.1, 0.15) is 35.1 Å². The fraction of sp³-hybridized carbons (Fsp3) is 0.357. The van der Waals surface area contributed by atoms with Gasteiger partial charge in [-0.25, -0.2) is 17.9 Å². The van der Waals surface area contributed by atoms with Crippen LogP contribution in [-0.2, 0) is 14.8 Å². The van der Waals surface area contributed by atoms with E-state index in [-0.39, 0.29) is 22.1 Å². The summed E-state index contributed by atoms with van der Waals surface area (Å²) in [6, 6.07) is 3.96. The first-order chi connectivity index (χ1) is 11.3. The SMILES string of the molecule is CNS(=O)(=O)c1cc(C(=O)OC(C)c2nc(C)no2)ccc1OC. The Morgan fingerprint density at radius 2 is 2.08 bits per heavy atom. The molecule has 0 aliphatic carbocycles. The Morgan fingerprint density at radius 1 is 1.38 bits per heavy atom. The fourth-order valence-electron chi connectivity index (χ4n) is 1.88. The van der Waals surface area contributed by atoms with Crippen LogP contribution >= 0.6 is 0 Å². The molecule has 1 aromatic heterocycles. The standard InChI is InChI=1S/C14H17N3O6S/c1-8(13-16-9(2)17-23-13)22-14(18)10-5-6-11(21-4)12(7-10)24(19,20)15-3/h5-8,15H,1-4H3. The number of rotatable bonds is 6. The molecule has 1 aromatic carbocycles. The van der Waals surface area contributed by atoms with Crippen molar-refractivity contribution in [3.8, 4) is 5.75 Å². The Labute approximate surface area is 139 Å². The number of ether oxygens (including phenoxy) is 2. The first kappa shape index (κ1) is 17.9. The Morgan fingerprint density at radius 3 is 2.62 bits per heavy atom. The smallest absolute Gasteiger partial charge is 0.338 e. The summed E-state index contributed by atoms with van der Waals surface area (Å²) >= 11 is 0. The molecule has 0 saturated heterocycles. The topological polar surface area (TPSA) is 121 Å². The van der Waals surface area contributed by atoms with Gasteiger partial charge in [0.05, 0.1) is 12.7 Å². The molecule has 0 bridgehead atoms. The lowest BCUT2D eigenvalue weighted by molar-refractivity contribution is 0.0265. The lowest BCUT2D eigenvalue weighted by atomic mass is 10.2. The molecule has 2 aromatic rings. The molecule has 2 rings (SSSR count). The van der Waals surface area contributed by atoms with E-state index in [1.807, 2.05) is 0 Å². The monoisotopic (exact) mass is 355 g/mol. The molecule has 0 spiro atoms. The van der Waals surface area contributed by atoms with Gasteiger partial charge in [-0.15, -0.1) is 0 Å². The number of sulfonamides is 1. The minimum Gasteiger partial charge on any atom is -0.495 e. The maximum absolute atomic E-state index is 12.2. The van der Waals surface area contributed by atoms with Crippen LogP contribution in [0.15, 0.2) is 27.6 Å². The van der Waals surface area contributed by atoms with Crippen LogP contribution in [0.2, 0.25) is 0 Å². The number of carbonyl (C=O) groups excluding carboxylic acids is 1. The predicted octanol–water partition coefficient (Wildman–Crippen LogP) is 1.21. The zero-order chi connectivity index (χ0) is 17.9. The molecule has 0 fully saturated rings. The van der Waals surface area contributed by atoms with E-state index in [0.29, 0.717) is 5.82 Å². The molecule has 0 radical (unpaired) electrons. The quantitative estimate of drug-likeness (QED) is 0.768. The van der Waals surface area contributed by atoms with E-state index in [2.05, 4.69) is 14.9 Å². The minimum absolute atomic E-state index is 0.0488. The molecule has 24 heavy (non-hydrogen) atoms. The number of aryl methyl sites for hydroxylation is 1. The number of nitrogens with one attached hydrogen (secondary N) is 1. The molecule has 9 nitrogen and oxygen atoms in total. The maximum atomic E-state index is 12.2. The maximum Gasteiger partial charge on any atom is 0.338 e. The Hall–Kier alpha value is -2.46. The molecule has 1 N–H and O–H groups in total. The van der Waals surface area contributed by atoms with E-state index >= 15 is 0 Å². The van der Waals surface area contributed by atoms with Crippen molar-refractivity contribution < 1.29 is 27.2 Å². The van der Waals surface area contributed by atoms with Gasteiger partial charge in [-0.3, -0.25) is 0 Å². The van der Waals surface area contributed by atoms with Crippen LogP contribution < -0.4 is 9.46 Å². The second-order valence-electron chi connectivity index (χ2n) is 4.80. The number of nitrogens with zero attached hydrogens (tertiary/aromatic N) is 2. The van der Waals surface area contributed by atoms with Gasteiger partial charge in [0.25, 0.3) is 5.89 Å². The summed E-state index contributed by atoms with van der Waals surface area (Å²) in [6.07, 6.45) is -0.773. The lowest BCUT2D eigenvalue weighted by Crippen LogP contribution is -2.20. The normalized spacial score (nSPS) is 12.7. The highest BCUT2D eigenvalue weighted by Gasteiger charge is 2.23. The van der Waals surface area contributed by atoms with E-state index in [1.54, 1.807) is 13.8 Å². The van der Waals surface area contributed by atoms with Crippen molar-refractivity contribution in [1.29, 1.82) is 0 Å². The van der Waals surface area contributed by atoms with Crippen molar-refractivity contribution in [2.75, 3.05) is 14.2 Å². The highest BCUT2D eigenvalue weighted by Crippen LogP contribution is 2.26. The molecular formula is C14H17N3O6S. The van der Waals surface area contributed by atoms with Crippen molar-refractivity contribution in [1.82, 2.24) is 14.9 Å². The van der Waals surface area contributed by atoms with Gasteiger partial charge in [-0.1, -0.05) is 5.16 Å². The van der Waals surface area contributed by atoms with Crippen LogP contribution in [0, 0.1) is 6.92 Å². The van der Waals surface area contributed by atoms with Gasteiger partial charge in [0.15, 0.2) is 11.9 Å². The van der Waals surface area contributed by atoms with E-state index in [0.717, 1.165) is 0 Å². The van der Waals surface area contributed by atoms with Crippen molar-refractivity contribution in [2.24, 2.45) is 0 Å². The number of hydrogen-bond donors (Lipinski definition) is 1. The Kier molecular flexibility index (Phi) is 5.20. The molecule has 130 valence electrons. The van der Waals surface area contributed by atoms with E-state index in [1.165, 1.54) is 32.4 Å². The molecule has 10 heteroatoms. The van der Waals surface area contributed by atoms with Gasteiger partial charge in [-0.2, -0.15) is 4.98 Å². The second kappa shape index (κ2) is 6.97. The molecule has 1 unspecified atom stereocenters. The molecule has 0 amide bonds. The van der Waals surface area contributed by atoms with Gasteiger partial charge < -0.3 is 14.0 Å². The zero-order valence-electron chi connectivity index (χ0n) is 13.6. The van der Waals surface area contributed by atoms with Gasteiger partial charge >= 0.3 is 5.97 Å². The predicted molar refractivity (Wildman–Crippen MR) is 82.1 cm³/mol. The molecule has 1 atom stereocenters. The lowest BCUT2D eigenvalue weighted by Gasteiger charge is -2.12. The third-order valence-corrected chi connectivity index (χ3v) is 4.57. The summed E-state index contributed by atoms with van der Waals surface area (Å²) in [7, 11) is -1.20. The molecule has 0 saturated carbocycles. The minimum atomic E-state index is -3.80. The molecule has 0 aliphatic heterocycles. The van der Waals surface area contributed by atoms with Gasteiger partial charge in [0, 0.05) is 0 Å². The number of benzene rings is 1. The van der Waals surface area contributed by atoms with Crippen LogP contribution in [0.5, 0.6) is 5.75 Å². The summed E-state index contributed by atoms with van der Waals surface area (Å²) in [5, 5.41) is 3.62. The summed E-state index contributed by atoms with van der Waals surface area (Å²) in [6.45, 7) is 3.21. The van der Waals surface area contributed by atoms with Crippen LogP contribution in [0.3, 0.4) is 0 Å². The fourth-order valence-corrected chi connectivity index (χ4v) is 2.80. The van der Waals surface area contributed by atoms with Crippen LogP contribution in [-0.4, -0.2) is 38.7 Å². The summed E-state index contributed by atoms with van der Waals surface area (Å²) in [5.41, 5.74) is 0.0488. The molecular weight excluding hydrogens is 338 g/mol. The number of hydrogen-bond acceptors (Lipinski definition) is 8. The van der Waals surface area contributed by atoms with E-state index in [9.17, 15) is 13.2 Å². The highest BCUT2D eigenvalue weighted by atomic mass is 32.2. The summed E-state index contributed by atoms with van der Waals surface area (Å²) in [5.74, 6) is -0.0489. The largest absolute Gasteiger partial charge is 0.495 e. The highest BCUT2D eigenvalue weighted by molar-refractivity contribution is 7.89. The summed E-state index contributed by atoms with van der Waals surface area (Å²) in [4.78, 5) is 16.0. The third-order valence-electron chi connectivity index (χ3n) is 3.13. The Balaban J connectivity index is 2.28. The van der Waals surface area contributed by atoms with Crippen LogP contribution in [0.25, 0.3) is 0 Å². The van der Waals surface area contributed by atoms with Gasteiger partial charge in [0.2, 0.25) is 10.0 Å². The van der Waals surface area contributed by atoms with Gasteiger partial charge in [0.1, 0.15) is 10.6 Å². The average Bonchev–Trinajstić information content (AvgIpc) is 3.00. The van der Waals surface area contributed by atoms with Crippen molar-refractivity contribution >= 4 is 16.0 Å². The number of carbonyl (C=O) groups is 1. The van der Waals surface area contributed by atoms with Gasteiger partial charge in [-0.05, 0) is 39.1 Å². The number of methoxy groups -OCH3 is 1.